The lowest BCUT2D eigenvalue weighted by Crippen LogP contribution is -2.28. The van der Waals surface area contributed by atoms with Gasteiger partial charge in [0.15, 0.2) is 0 Å². The maximum absolute atomic E-state index is 10.5. The van der Waals surface area contributed by atoms with Crippen molar-refractivity contribution in [1.82, 2.24) is 15.5 Å². The Kier molecular flexibility index (Phi) is 2.45. The molecule has 0 unspecified atom stereocenters. The second kappa shape index (κ2) is 3.75. The van der Waals surface area contributed by atoms with E-state index in [0.29, 0.717) is 5.89 Å². The van der Waals surface area contributed by atoms with Gasteiger partial charge in [-0.3, -0.25) is 0 Å². The van der Waals surface area contributed by atoms with Crippen molar-refractivity contribution in [2.24, 2.45) is 0 Å². The second-order valence-electron chi connectivity index (χ2n) is 3.30. The fourth-order valence-corrected chi connectivity index (χ4v) is 1.55. The quantitative estimate of drug-likeness (QED) is 0.705. The molecule has 0 aliphatic carbocycles. The van der Waals surface area contributed by atoms with Crippen molar-refractivity contribution in [1.29, 1.82) is 0 Å². The Hall–Kier alpha value is -1.43. The van der Waals surface area contributed by atoms with Crippen molar-refractivity contribution < 1.29 is 14.4 Å². The van der Waals surface area contributed by atoms with Crippen molar-refractivity contribution in [3.63, 3.8) is 0 Å². The molecule has 2 N–H and O–H groups in total. The third kappa shape index (κ3) is 1.74. The summed E-state index contributed by atoms with van der Waals surface area (Å²) >= 11 is 0. The van der Waals surface area contributed by atoms with Gasteiger partial charge in [-0.15, -0.1) is 0 Å². The number of hydrogen-bond donors (Lipinski definition) is 2. The zero-order chi connectivity index (χ0) is 9.97. The lowest BCUT2D eigenvalue weighted by Gasteiger charge is -2.18. The molecule has 1 saturated heterocycles. The van der Waals surface area contributed by atoms with Crippen LogP contribution in [0.15, 0.2) is 4.52 Å². The first-order valence-corrected chi connectivity index (χ1v) is 4.55. The van der Waals surface area contributed by atoms with E-state index in [4.69, 9.17) is 9.63 Å². The van der Waals surface area contributed by atoms with E-state index in [1.807, 2.05) is 0 Å². The van der Waals surface area contributed by atoms with Gasteiger partial charge in [0.1, 0.15) is 0 Å². The van der Waals surface area contributed by atoms with E-state index in [9.17, 15) is 4.79 Å². The van der Waals surface area contributed by atoms with Gasteiger partial charge < -0.3 is 14.9 Å². The molecule has 2 rings (SSSR count). The number of piperidine rings is 1. The van der Waals surface area contributed by atoms with Crippen LogP contribution in [-0.4, -0.2) is 34.3 Å². The Balaban J connectivity index is 2.11. The zero-order valence-corrected chi connectivity index (χ0v) is 7.56. The van der Waals surface area contributed by atoms with E-state index >= 15 is 0 Å². The van der Waals surface area contributed by atoms with E-state index < -0.39 is 5.97 Å². The molecule has 0 saturated carbocycles. The lowest BCUT2D eigenvalue weighted by atomic mass is 10.00. The minimum absolute atomic E-state index is 0.157. The molecule has 1 aromatic heterocycles. The Labute approximate surface area is 80.3 Å². The van der Waals surface area contributed by atoms with Gasteiger partial charge in [-0.1, -0.05) is 0 Å². The van der Waals surface area contributed by atoms with Gasteiger partial charge in [-0.2, -0.15) is 4.98 Å². The monoisotopic (exact) mass is 197 g/mol. The van der Waals surface area contributed by atoms with E-state index in [-0.39, 0.29) is 11.7 Å². The molecule has 0 aromatic carbocycles. The molecule has 0 radical (unpaired) electrons. The number of aromatic carboxylic acids is 1. The van der Waals surface area contributed by atoms with Gasteiger partial charge in [0, 0.05) is 6.54 Å². The van der Waals surface area contributed by atoms with Crippen LogP contribution >= 0.6 is 0 Å². The van der Waals surface area contributed by atoms with Crippen molar-refractivity contribution in [3.05, 3.63) is 11.7 Å². The predicted octanol–water partition coefficient (Wildman–Crippen LogP) is 0.235. The van der Waals surface area contributed by atoms with Gasteiger partial charge in [0.05, 0.1) is 5.92 Å². The first-order chi connectivity index (χ1) is 6.77. The van der Waals surface area contributed by atoms with Crippen LogP contribution in [0.2, 0.25) is 0 Å². The summed E-state index contributed by atoms with van der Waals surface area (Å²) in [6.07, 6.45) is 2.02. The highest BCUT2D eigenvalue weighted by molar-refractivity contribution is 5.82. The molecular formula is C8H11N3O3. The van der Waals surface area contributed by atoms with Crippen LogP contribution < -0.4 is 5.32 Å². The molecule has 76 valence electrons. The zero-order valence-electron chi connectivity index (χ0n) is 7.56. The van der Waals surface area contributed by atoms with Gasteiger partial charge in [-0.25, -0.2) is 4.79 Å². The van der Waals surface area contributed by atoms with Crippen LogP contribution in [0.3, 0.4) is 0 Å². The number of carbonyl (C=O) groups is 1. The molecule has 1 aromatic rings. The second-order valence-corrected chi connectivity index (χ2v) is 3.30. The average molecular weight is 197 g/mol. The Morgan fingerprint density at radius 2 is 2.50 bits per heavy atom. The van der Waals surface area contributed by atoms with Crippen LogP contribution in [0, 0.1) is 0 Å². The van der Waals surface area contributed by atoms with E-state index in [2.05, 4.69) is 15.5 Å². The summed E-state index contributed by atoms with van der Waals surface area (Å²) in [4.78, 5) is 14.3. The number of aromatic nitrogens is 2. The van der Waals surface area contributed by atoms with Gasteiger partial charge in [-0.05, 0) is 24.5 Å². The third-order valence-electron chi connectivity index (χ3n) is 2.28. The van der Waals surface area contributed by atoms with Gasteiger partial charge >= 0.3 is 5.97 Å². The standard InChI is InChI=1S/C8H11N3O3/c12-8(13)6-10-7(14-11-6)5-2-1-3-9-4-5/h5,9H,1-4H2,(H,12,13)/t5-/m0/s1. The smallest absolute Gasteiger partial charge is 0.377 e. The Morgan fingerprint density at radius 1 is 1.64 bits per heavy atom. The highest BCUT2D eigenvalue weighted by Gasteiger charge is 2.22. The van der Waals surface area contributed by atoms with E-state index in [0.717, 1.165) is 25.9 Å². The predicted molar refractivity (Wildman–Crippen MR) is 46.1 cm³/mol. The van der Waals surface area contributed by atoms with Crippen LogP contribution in [0.4, 0.5) is 0 Å². The number of hydrogen-bond acceptors (Lipinski definition) is 5. The van der Waals surface area contributed by atoms with Crippen molar-refractivity contribution in [3.8, 4) is 0 Å². The third-order valence-corrected chi connectivity index (χ3v) is 2.28. The number of nitrogens with zero attached hydrogens (tertiary/aromatic N) is 2. The lowest BCUT2D eigenvalue weighted by molar-refractivity contribution is 0.0680. The first kappa shape index (κ1) is 9.14. The molecule has 0 bridgehead atoms. The summed E-state index contributed by atoms with van der Waals surface area (Å²) in [7, 11) is 0. The summed E-state index contributed by atoms with van der Waals surface area (Å²) in [5, 5.41) is 15.2. The molecule has 14 heavy (non-hydrogen) atoms. The fraction of sp³-hybridized carbons (Fsp3) is 0.625. The number of nitrogens with one attached hydrogen (secondary N) is 1. The maximum Gasteiger partial charge on any atom is 0.377 e. The average Bonchev–Trinajstić information content (AvgIpc) is 2.68. The summed E-state index contributed by atoms with van der Waals surface area (Å²) in [6.45, 7) is 1.78. The van der Waals surface area contributed by atoms with E-state index in [1.165, 1.54) is 0 Å². The van der Waals surface area contributed by atoms with Crippen LogP contribution in [0.1, 0.15) is 35.3 Å². The van der Waals surface area contributed by atoms with Crippen LogP contribution in [-0.2, 0) is 0 Å². The van der Waals surface area contributed by atoms with Crippen LogP contribution in [0.5, 0.6) is 0 Å². The highest BCUT2D eigenvalue weighted by atomic mass is 16.5. The molecule has 2 heterocycles. The van der Waals surface area contributed by atoms with Crippen molar-refractivity contribution >= 4 is 5.97 Å². The molecule has 6 heteroatoms. The van der Waals surface area contributed by atoms with Crippen molar-refractivity contribution in [2.45, 2.75) is 18.8 Å². The fourth-order valence-electron chi connectivity index (χ4n) is 1.55. The topological polar surface area (TPSA) is 88.2 Å². The molecule has 6 nitrogen and oxygen atoms in total. The Morgan fingerprint density at radius 3 is 3.07 bits per heavy atom. The van der Waals surface area contributed by atoms with Gasteiger partial charge in [0.25, 0.3) is 5.82 Å². The van der Waals surface area contributed by atoms with Crippen molar-refractivity contribution in [2.75, 3.05) is 13.1 Å². The number of carboxylic acids is 1. The number of rotatable bonds is 2. The molecule has 0 spiro atoms. The normalized spacial score (nSPS) is 22.1. The highest BCUT2D eigenvalue weighted by Crippen LogP contribution is 2.21. The maximum atomic E-state index is 10.5. The Bertz CT molecular complexity index is 330. The SMILES string of the molecule is O=C(O)c1noc([C@H]2CCCNC2)n1. The minimum atomic E-state index is -1.15. The largest absolute Gasteiger partial charge is 0.475 e. The molecule has 1 fully saturated rings. The summed E-state index contributed by atoms with van der Waals surface area (Å²) in [5.41, 5.74) is 0. The molecule has 1 atom stereocenters. The summed E-state index contributed by atoms with van der Waals surface area (Å²) < 4.78 is 4.88. The molecule has 0 amide bonds. The minimum Gasteiger partial charge on any atom is -0.475 e. The molecular weight excluding hydrogens is 186 g/mol. The van der Waals surface area contributed by atoms with Gasteiger partial charge in [0.2, 0.25) is 5.89 Å². The summed E-state index contributed by atoms with van der Waals surface area (Å²) in [6, 6.07) is 0. The molecule has 1 aliphatic rings. The summed E-state index contributed by atoms with van der Waals surface area (Å²) in [5.74, 6) is -0.826. The first-order valence-electron chi connectivity index (χ1n) is 4.55. The van der Waals surface area contributed by atoms with Crippen LogP contribution in [0.25, 0.3) is 0 Å². The van der Waals surface area contributed by atoms with E-state index in [1.54, 1.807) is 0 Å². The molecule has 1 aliphatic heterocycles. The number of carboxylic acid groups (broad SMARTS) is 1.